The van der Waals surface area contributed by atoms with Gasteiger partial charge in [-0.2, -0.15) is 23.5 Å². The highest BCUT2D eigenvalue weighted by molar-refractivity contribution is 8.06. The van der Waals surface area contributed by atoms with Gasteiger partial charge in [0, 0.05) is 47.6 Å². The molecule has 104 valence electrons. The van der Waals surface area contributed by atoms with Crippen molar-refractivity contribution in [2.45, 2.75) is 17.8 Å². The van der Waals surface area contributed by atoms with E-state index in [1.165, 1.54) is 23.3 Å². The van der Waals surface area contributed by atoms with Gasteiger partial charge in [0.2, 0.25) is 0 Å². The number of hydrogen-bond acceptors (Lipinski definition) is 4. The number of fused-ring (bicyclic) bond motifs is 1. The highest BCUT2D eigenvalue weighted by Gasteiger charge is 2.23. The molecule has 5 heteroatoms. The Morgan fingerprint density at radius 2 is 2.26 bits per heavy atom. The van der Waals surface area contributed by atoms with Gasteiger partial charge in [-0.05, 0) is 18.2 Å². The number of thioether (sulfide) groups is 2. The van der Waals surface area contributed by atoms with E-state index in [9.17, 15) is 4.39 Å². The summed E-state index contributed by atoms with van der Waals surface area (Å²) in [7, 11) is 0. The molecule has 2 atom stereocenters. The van der Waals surface area contributed by atoms with Crippen molar-refractivity contribution in [1.29, 1.82) is 0 Å². The zero-order valence-corrected chi connectivity index (χ0v) is 12.4. The highest BCUT2D eigenvalue weighted by Crippen LogP contribution is 2.29. The maximum atomic E-state index is 13.1. The molecule has 2 unspecified atom stereocenters. The van der Waals surface area contributed by atoms with E-state index in [0.29, 0.717) is 0 Å². The average molecular weight is 299 g/mol. The molecule has 2 aliphatic rings. The summed E-state index contributed by atoms with van der Waals surface area (Å²) in [5, 5.41) is 4.22. The Kier molecular flexibility index (Phi) is 4.56. The van der Waals surface area contributed by atoms with Crippen LogP contribution in [0.5, 0.6) is 5.75 Å². The van der Waals surface area contributed by atoms with Gasteiger partial charge in [0.25, 0.3) is 0 Å². The minimum atomic E-state index is -0.174. The van der Waals surface area contributed by atoms with Gasteiger partial charge in [0.05, 0.1) is 0 Å². The second-order valence-electron chi connectivity index (χ2n) is 4.92. The van der Waals surface area contributed by atoms with Crippen LogP contribution < -0.4 is 10.1 Å². The zero-order valence-electron chi connectivity index (χ0n) is 10.7. The minimum absolute atomic E-state index is 0.151. The molecule has 0 spiro atoms. The highest BCUT2D eigenvalue weighted by atomic mass is 32.2. The van der Waals surface area contributed by atoms with Crippen molar-refractivity contribution in [3.63, 3.8) is 0 Å². The van der Waals surface area contributed by atoms with Gasteiger partial charge in [0.15, 0.2) is 0 Å². The van der Waals surface area contributed by atoms with Crippen molar-refractivity contribution < 1.29 is 9.13 Å². The second-order valence-corrected chi connectivity index (χ2v) is 7.48. The Morgan fingerprint density at radius 3 is 3.11 bits per heavy atom. The maximum Gasteiger partial charge on any atom is 0.123 e. The van der Waals surface area contributed by atoms with Gasteiger partial charge in [-0.1, -0.05) is 0 Å². The van der Waals surface area contributed by atoms with Crippen LogP contribution in [0.2, 0.25) is 0 Å². The number of hydrogen-bond donors (Lipinski definition) is 1. The minimum Gasteiger partial charge on any atom is -0.488 e. The van der Waals surface area contributed by atoms with Crippen LogP contribution in [0.25, 0.3) is 0 Å². The van der Waals surface area contributed by atoms with Crippen LogP contribution in [0.3, 0.4) is 0 Å². The Labute approximate surface area is 121 Å². The first-order chi connectivity index (χ1) is 9.31. The average Bonchev–Trinajstić information content (AvgIpc) is 2.82. The molecule has 1 fully saturated rings. The molecule has 1 aromatic rings. The molecule has 1 saturated heterocycles. The summed E-state index contributed by atoms with van der Waals surface area (Å²) in [6.07, 6.45) is 0.963. The first-order valence-electron chi connectivity index (χ1n) is 6.66. The lowest BCUT2D eigenvalue weighted by molar-refractivity contribution is 0.228. The van der Waals surface area contributed by atoms with Crippen molar-refractivity contribution in [2.24, 2.45) is 0 Å². The summed E-state index contributed by atoms with van der Waals surface area (Å²) >= 11 is 4.10. The first kappa shape index (κ1) is 13.6. The lowest BCUT2D eigenvalue weighted by Crippen LogP contribution is -2.36. The largest absolute Gasteiger partial charge is 0.488 e. The molecule has 1 N–H and O–H groups in total. The van der Waals surface area contributed by atoms with E-state index in [0.717, 1.165) is 36.1 Å². The van der Waals surface area contributed by atoms with Crippen LogP contribution in [0.15, 0.2) is 18.2 Å². The van der Waals surface area contributed by atoms with Crippen LogP contribution in [0, 0.1) is 5.82 Å². The third kappa shape index (κ3) is 3.58. The van der Waals surface area contributed by atoms with E-state index in [2.05, 4.69) is 17.1 Å². The molecule has 3 rings (SSSR count). The molecule has 2 aliphatic heterocycles. The van der Waals surface area contributed by atoms with Gasteiger partial charge in [-0.25, -0.2) is 4.39 Å². The Balaban J connectivity index is 1.43. The lowest BCUT2D eigenvalue weighted by atomic mass is 10.1. The van der Waals surface area contributed by atoms with Crippen molar-refractivity contribution >= 4 is 23.5 Å². The second kappa shape index (κ2) is 6.37. The molecule has 0 aliphatic carbocycles. The number of benzene rings is 1. The van der Waals surface area contributed by atoms with Crippen molar-refractivity contribution in [1.82, 2.24) is 5.32 Å². The van der Waals surface area contributed by atoms with Crippen molar-refractivity contribution in [3.8, 4) is 5.75 Å². The van der Waals surface area contributed by atoms with E-state index < -0.39 is 0 Å². The summed E-state index contributed by atoms with van der Waals surface area (Å²) < 4.78 is 18.9. The van der Waals surface area contributed by atoms with Crippen LogP contribution in [-0.2, 0) is 6.42 Å². The molecular weight excluding hydrogens is 281 g/mol. The van der Waals surface area contributed by atoms with Crippen molar-refractivity contribution in [2.75, 3.05) is 30.3 Å². The molecular formula is C14H18FNOS2. The Hall–Kier alpha value is -0.390. The van der Waals surface area contributed by atoms with Gasteiger partial charge >= 0.3 is 0 Å². The topological polar surface area (TPSA) is 21.3 Å². The van der Waals surface area contributed by atoms with Crippen LogP contribution in [0.1, 0.15) is 5.56 Å². The van der Waals surface area contributed by atoms with E-state index in [1.54, 1.807) is 12.1 Å². The summed E-state index contributed by atoms with van der Waals surface area (Å²) in [6.45, 7) is 1.89. The quantitative estimate of drug-likeness (QED) is 0.922. The summed E-state index contributed by atoms with van der Waals surface area (Å²) in [5.74, 6) is 4.46. The Bertz CT molecular complexity index is 437. The van der Waals surface area contributed by atoms with Gasteiger partial charge < -0.3 is 10.1 Å². The van der Waals surface area contributed by atoms with Gasteiger partial charge in [-0.15, -0.1) is 0 Å². The fourth-order valence-electron chi connectivity index (χ4n) is 2.46. The summed E-state index contributed by atoms with van der Waals surface area (Å²) in [4.78, 5) is 0. The number of halogens is 1. The molecule has 0 saturated carbocycles. The van der Waals surface area contributed by atoms with E-state index >= 15 is 0 Å². The fourth-order valence-corrected chi connectivity index (χ4v) is 5.11. The molecule has 0 radical (unpaired) electrons. The van der Waals surface area contributed by atoms with E-state index in [4.69, 9.17) is 4.74 Å². The molecule has 19 heavy (non-hydrogen) atoms. The predicted molar refractivity (Wildman–Crippen MR) is 81.0 cm³/mol. The molecule has 1 aromatic carbocycles. The monoisotopic (exact) mass is 299 g/mol. The van der Waals surface area contributed by atoms with Crippen LogP contribution in [0.4, 0.5) is 4.39 Å². The summed E-state index contributed by atoms with van der Waals surface area (Å²) in [6, 6.07) is 4.78. The number of ether oxygens (including phenoxy) is 1. The smallest absolute Gasteiger partial charge is 0.123 e. The van der Waals surface area contributed by atoms with Crippen molar-refractivity contribution in [3.05, 3.63) is 29.6 Å². The lowest BCUT2D eigenvalue weighted by Gasteiger charge is -2.22. The fraction of sp³-hybridized carbons (Fsp3) is 0.571. The molecule has 0 bridgehead atoms. The van der Waals surface area contributed by atoms with Gasteiger partial charge in [0.1, 0.15) is 17.7 Å². The zero-order chi connectivity index (χ0) is 13.1. The summed E-state index contributed by atoms with van der Waals surface area (Å²) in [5.41, 5.74) is 0.995. The van der Waals surface area contributed by atoms with E-state index in [-0.39, 0.29) is 11.9 Å². The molecule has 0 aromatic heterocycles. The third-order valence-electron chi connectivity index (χ3n) is 3.39. The standard InChI is InChI=1S/C14H18FNOS2/c15-11-1-2-14-10(5-11)6-12(17-14)7-16-8-13-9-18-3-4-19-13/h1-2,5,12-13,16H,3-4,6-9H2. The third-order valence-corrected chi connectivity index (χ3v) is 6.24. The van der Waals surface area contributed by atoms with E-state index in [1.807, 2.05) is 11.8 Å². The first-order valence-corrected chi connectivity index (χ1v) is 8.87. The number of nitrogens with one attached hydrogen (secondary N) is 1. The SMILES string of the molecule is Fc1ccc2c(c1)CC(CNCC1CSCCS1)O2. The molecule has 2 heterocycles. The van der Waals surface area contributed by atoms with Crippen LogP contribution in [-0.4, -0.2) is 41.7 Å². The maximum absolute atomic E-state index is 13.1. The predicted octanol–water partition coefficient (Wildman–Crippen LogP) is 2.57. The number of rotatable bonds is 4. The van der Waals surface area contributed by atoms with Crippen LogP contribution >= 0.6 is 23.5 Å². The molecule has 2 nitrogen and oxygen atoms in total. The van der Waals surface area contributed by atoms with Gasteiger partial charge in [-0.3, -0.25) is 0 Å². The normalized spacial score (nSPS) is 25.9. The molecule has 0 amide bonds. The Morgan fingerprint density at radius 1 is 1.32 bits per heavy atom.